The number of amides is 2. The molecule has 0 aliphatic carbocycles. The van der Waals surface area contributed by atoms with Crippen molar-refractivity contribution in [1.82, 2.24) is 24.9 Å². The zero-order chi connectivity index (χ0) is 22.4. The summed E-state index contributed by atoms with van der Waals surface area (Å²) in [7, 11) is 0. The van der Waals surface area contributed by atoms with Crippen LogP contribution in [0.1, 0.15) is 43.0 Å². The van der Waals surface area contributed by atoms with Gasteiger partial charge in [-0.05, 0) is 26.2 Å². The summed E-state index contributed by atoms with van der Waals surface area (Å²) in [6.07, 6.45) is 5.32. The molecule has 9 heteroatoms. The molecule has 0 radical (unpaired) electrons. The molecule has 1 atom stereocenters. The van der Waals surface area contributed by atoms with Gasteiger partial charge in [0.05, 0.1) is 30.6 Å². The lowest BCUT2D eigenvalue weighted by Gasteiger charge is -2.26. The van der Waals surface area contributed by atoms with Gasteiger partial charge in [-0.25, -0.2) is 0 Å². The third-order valence-corrected chi connectivity index (χ3v) is 5.32. The fourth-order valence-corrected chi connectivity index (χ4v) is 3.65. The highest BCUT2D eigenvalue weighted by atomic mass is 16.5. The Hall–Kier alpha value is -2.81. The van der Waals surface area contributed by atoms with Crippen LogP contribution in [0.2, 0.25) is 0 Å². The van der Waals surface area contributed by atoms with Gasteiger partial charge < -0.3 is 19.1 Å². The number of rotatable bonds is 8. The number of hydrogen-bond donors (Lipinski definition) is 0. The summed E-state index contributed by atoms with van der Waals surface area (Å²) < 4.78 is 11.4. The molecule has 2 amide bonds. The predicted octanol–water partition coefficient (Wildman–Crippen LogP) is 1.93. The highest BCUT2D eigenvalue weighted by Gasteiger charge is 2.31. The van der Waals surface area contributed by atoms with E-state index in [9.17, 15) is 9.59 Å². The van der Waals surface area contributed by atoms with Crippen molar-refractivity contribution >= 4 is 11.8 Å². The first-order valence-electron chi connectivity index (χ1n) is 10.7. The lowest BCUT2D eigenvalue weighted by atomic mass is 10.2. The van der Waals surface area contributed by atoms with Crippen LogP contribution in [0.5, 0.6) is 0 Å². The van der Waals surface area contributed by atoms with Crippen molar-refractivity contribution in [2.45, 2.75) is 53.2 Å². The molecule has 0 spiro atoms. The van der Waals surface area contributed by atoms with E-state index in [0.717, 1.165) is 22.7 Å². The molecule has 1 aliphatic heterocycles. The molecule has 1 saturated heterocycles. The van der Waals surface area contributed by atoms with Crippen molar-refractivity contribution < 1.29 is 18.8 Å². The Morgan fingerprint density at radius 1 is 1.29 bits per heavy atom. The molecule has 2 aromatic rings. The first-order chi connectivity index (χ1) is 14.8. The lowest BCUT2D eigenvalue weighted by Crippen LogP contribution is -2.40. The van der Waals surface area contributed by atoms with E-state index in [0.29, 0.717) is 38.6 Å². The first kappa shape index (κ1) is 22.9. The van der Waals surface area contributed by atoms with Crippen LogP contribution in [0.25, 0.3) is 0 Å². The van der Waals surface area contributed by atoms with Gasteiger partial charge in [-0.3, -0.25) is 19.6 Å². The molecule has 0 N–H and O–H groups in total. The Labute approximate surface area is 182 Å². The van der Waals surface area contributed by atoms with Crippen molar-refractivity contribution in [2.75, 3.05) is 26.2 Å². The number of hydrogen-bond acceptors (Lipinski definition) is 7. The van der Waals surface area contributed by atoms with Gasteiger partial charge in [-0.15, -0.1) is 0 Å². The predicted molar refractivity (Wildman–Crippen MR) is 113 cm³/mol. The second kappa shape index (κ2) is 10.5. The Balaban J connectivity index is 1.68. The van der Waals surface area contributed by atoms with E-state index < -0.39 is 0 Å². The average molecular weight is 430 g/mol. The summed E-state index contributed by atoms with van der Waals surface area (Å²) in [6, 6.07) is 0. The maximum absolute atomic E-state index is 12.9. The van der Waals surface area contributed by atoms with Gasteiger partial charge in [0.15, 0.2) is 0 Å². The molecule has 3 heterocycles. The van der Waals surface area contributed by atoms with Gasteiger partial charge in [-0.2, -0.15) is 0 Å². The van der Waals surface area contributed by atoms with Crippen LogP contribution in [-0.2, 0) is 27.4 Å². The minimum absolute atomic E-state index is 0.0509. The second-order valence-electron chi connectivity index (χ2n) is 8.40. The number of nitrogens with zero attached hydrogens (tertiary/aromatic N) is 5. The number of aromatic nitrogens is 3. The molecule has 31 heavy (non-hydrogen) atoms. The van der Waals surface area contributed by atoms with Gasteiger partial charge in [-0.1, -0.05) is 19.0 Å². The Bertz CT molecular complexity index is 864. The first-order valence-corrected chi connectivity index (χ1v) is 10.7. The maximum atomic E-state index is 12.9. The van der Waals surface area contributed by atoms with Crippen molar-refractivity contribution in [2.24, 2.45) is 5.92 Å². The summed E-state index contributed by atoms with van der Waals surface area (Å²) in [5.74, 6) is 0.908. The smallest absolute Gasteiger partial charge is 0.242 e. The van der Waals surface area contributed by atoms with Gasteiger partial charge in [0, 0.05) is 50.2 Å². The zero-order valence-corrected chi connectivity index (χ0v) is 18.7. The Kier molecular flexibility index (Phi) is 7.73. The molecule has 1 fully saturated rings. The number of carbonyl (C=O) groups excluding carboxylic acids is 2. The van der Waals surface area contributed by atoms with Gasteiger partial charge >= 0.3 is 0 Å². The highest BCUT2D eigenvalue weighted by molar-refractivity contribution is 5.85. The second-order valence-corrected chi connectivity index (χ2v) is 8.40. The van der Waals surface area contributed by atoms with E-state index >= 15 is 0 Å². The number of carbonyl (C=O) groups is 2. The minimum Gasteiger partial charge on any atom is -0.370 e. The summed E-state index contributed by atoms with van der Waals surface area (Å²) >= 11 is 0. The van der Waals surface area contributed by atoms with E-state index in [1.54, 1.807) is 28.4 Å². The molecular weight excluding hydrogens is 398 g/mol. The van der Waals surface area contributed by atoms with Crippen LogP contribution in [-0.4, -0.2) is 69.0 Å². The van der Waals surface area contributed by atoms with Gasteiger partial charge in [0.25, 0.3) is 0 Å². The average Bonchev–Trinajstić information content (AvgIpc) is 2.97. The molecule has 0 unspecified atom stereocenters. The molecule has 9 nitrogen and oxygen atoms in total. The van der Waals surface area contributed by atoms with Crippen molar-refractivity contribution in [1.29, 1.82) is 0 Å². The summed E-state index contributed by atoms with van der Waals surface area (Å²) in [6.45, 7) is 9.71. The Morgan fingerprint density at radius 2 is 2.10 bits per heavy atom. The molecule has 0 bridgehead atoms. The SMILES string of the molecule is Cc1noc(C)c1CO[C@H]1CN(C(=O)CCc2cnccn2)CC(=O)N(CC(C)C)C1. The molecule has 168 valence electrons. The monoisotopic (exact) mass is 429 g/mol. The summed E-state index contributed by atoms with van der Waals surface area (Å²) in [5, 5.41) is 3.97. The zero-order valence-electron chi connectivity index (χ0n) is 18.7. The third-order valence-electron chi connectivity index (χ3n) is 5.32. The van der Waals surface area contributed by atoms with Crippen LogP contribution in [0.4, 0.5) is 0 Å². The van der Waals surface area contributed by atoms with Gasteiger partial charge in [0.1, 0.15) is 5.76 Å². The van der Waals surface area contributed by atoms with Crippen LogP contribution in [0, 0.1) is 19.8 Å². The third kappa shape index (κ3) is 6.33. The standard InChI is InChI=1S/C22H31N5O4/c1-15(2)10-26-11-19(30-14-20-16(3)25-31-17(20)4)12-27(13-22(26)29)21(28)6-5-18-9-23-7-8-24-18/h7-9,15,19H,5-6,10-14H2,1-4H3/t19-/m1/s1. The van der Waals surface area contributed by atoms with E-state index in [2.05, 4.69) is 29.0 Å². The van der Waals surface area contributed by atoms with E-state index in [-0.39, 0.29) is 30.9 Å². The largest absolute Gasteiger partial charge is 0.370 e. The number of ether oxygens (including phenoxy) is 1. The van der Waals surface area contributed by atoms with E-state index in [1.807, 2.05) is 13.8 Å². The van der Waals surface area contributed by atoms with Crippen LogP contribution in [0.15, 0.2) is 23.1 Å². The minimum atomic E-state index is -0.292. The normalized spacial score (nSPS) is 17.3. The van der Waals surface area contributed by atoms with E-state index in [1.165, 1.54) is 0 Å². The van der Waals surface area contributed by atoms with Crippen molar-refractivity contribution in [3.63, 3.8) is 0 Å². The quantitative estimate of drug-likeness (QED) is 0.632. The topological polar surface area (TPSA) is 102 Å². The highest BCUT2D eigenvalue weighted by Crippen LogP contribution is 2.17. The molecule has 2 aromatic heterocycles. The van der Waals surface area contributed by atoms with Crippen LogP contribution < -0.4 is 0 Å². The summed E-state index contributed by atoms with van der Waals surface area (Å²) in [4.78, 5) is 37.4. The van der Waals surface area contributed by atoms with Crippen LogP contribution >= 0.6 is 0 Å². The van der Waals surface area contributed by atoms with Crippen molar-refractivity contribution in [3.8, 4) is 0 Å². The molecule has 0 saturated carbocycles. The van der Waals surface area contributed by atoms with Crippen molar-refractivity contribution in [3.05, 3.63) is 41.3 Å². The molecule has 3 rings (SSSR count). The lowest BCUT2D eigenvalue weighted by molar-refractivity contribution is -0.139. The fraction of sp³-hybridized carbons (Fsp3) is 0.591. The van der Waals surface area contributed by atoms with E-state index in [4.69, 9.17) is 9.26 Å². The number of aryl methyl sites for hydroxylation is 3. The molecular formula is C22H31N5O4. The maximum Gasteiger partial charge on any atom is 0.242 e. The molecule has 1 aliphatic rings. The molecule has 0 aromatic carbocycles. The van der Waals surface area contributed by atoms with Crippen LogP contribution in [0.3, 0.4) is 0 Å². The Morgan fingerprint density at radius 3 is 2.74 bits per heavy atom. The fourth-order valence-electron chi connectivity index (χ4n) is 3.65. The van der Waals surface area contributed by atoms with Gasteiger partial charge in [0.2, 0.25) is 11.8 Å². The summed E-state index contributed by atoms with van der Waals surface area (Å²) in [5.41, 5.74) is 2.45.